The Labute approximate surface area is 312 Å². The minimum Gasteiger partial charge on any atom is -0.469 e. The van der Waals surface area contributed by atoms with Crippen LogP contribution in [0.25, 0.3) is 44.9 Å². The minimum atomic E-state index is -1.72. The van der Waals surface area contributed by atoms with Gasteiger partial charge < -0.3 is 39.6 Å². The third-order valence-electron chi connectivity index (χ3n) is 10.8. The molecule has 0 fully saturated rings. The van der Waals surface area contributed by atoms with E-state index in [2.05, 4.69) is 20.9 Å². The fraction of sp³-hybridized carbons (Fsp3) is 0.282. The molecule has 1 spiro atoms. The number of halogens is 2. The second-order valence-corrected chi connectivity index (χ2v) is 15.7. The highest BCUT2D eigenvalue weighted by Gasteiger charge is 2.61. The fourth-order valence-corrected chi connectivity index (χ4v) is 8.78. The molecule has 3 aromatic carbocycles. The number of nitrogens with zero attached hydrogens (tertiary/aromatic N) is 2. The number of H-pyrrole nitrogens is 1. The third-order valence-corrected chi connectivity index (χ3v) is 11.3. The van der Waals surface area contributed by atoms with Crippen LogP contribution in [0.5, 0.6) is 5.75 Å². The maximum absolute atomic E-state index is 14.1. The van der Waals surface area contributed by atoms with E-state index in [-0.39, 0.29) is 40.7 Å². The summed E-state index contributed by atoms with van der Waals surface area (Å²) in [5.41, 5.74) is 3.75. The van der Waals surface area contributed by atoms with Gasteiger partial charge in [0.15, 0.2) is 28.6 Å². The topological polar surface area (TPSA) is 168 Å². The summed E-state index contributed by atoms with van der Waals surface area (Å²) in [6, 6.07) is 15.9. The van der Waals surface area contributed by atoms with E-state index in [1.807, 2.05) is 68.4 Å². The van der Waals surface area contributed by atoms with E-state index in [9.17, 15) is 14.7 Å². The van der Waals surface area contributed by atoms with Crippen molar-refractivity contribution in [1.29, 1.82) is 0 Å². The Bertz CT molecular complexity index is 2580. The molecule has 53 heavy (non-hydrogen) atoms. The van der Waals surface area contributed by atoms with E-state index < -0.39 is 41.1 Å². The van der Waals surface area contributed by atoms with Gasteiger partial charge in [0.05, 0.1) is 5.56 Å². The number of benzene rings is 3. The highest BCUT2D eigenvalue weighted by Crippen LogP contribution is 2.62. The molecule has 0 saturated carbocycles. The Balaban J connectivity index is 1.32. The second-order valence-electron chi connectivity index (χ2n) is 14.9. The number of carbonyl (C=O) groups excluding carboxylic acids is 2. The molecule has 4 aliphatic rings. The van der Waals surface area contributed by atoms with Crippen LogP contribution in [0.15, 0.2) is 63.4 Å². The van der Waals surface area contributed by atoms with Crippen LogP contribution in [0.1, 0.15) is 62.1 Å². The van der Waals surface area contributed by atoms with Crippen LogP contribution in [0.3, 0.4) is 0 Å². The van der Waals surface area contributed by atoms with Crippen molar-refractivity contribution >= 4 is 51.6 Å². The number of carbonyl (C=O) groups is 2. The first kappa shape index (κ1) is 32.4. The average molecular weight is 752 g/mol. The lowest BCUT2D eigenvalue weighted by atomic mass is 9.72. The van der Waals surface area contributed by atoms with Crippen molar-refractivity contribution in [2.24, 2.45) is 5.92 Å². The second kappa shape index (κ2) is 10.9. The van der Waals surface area contributed by atoms with Crippen molar-refractivity contribution in [2.45, 2.75) is 63.4 Å². The Morgan fingerprint density at radius 1 is 1.04 bits per heavy atom. The molecule has 3 aromatic heterocycles. The maximum Gasteiger partial charge on any atom is 0.252 e. The Morgan fingerprint density at radius 2 is 1.83 bits per heavy atom. The van der Waals surface area contributed by atoms with Gasteiger partial charge in [0.1, 0.15) is 34.0 Å². The van der Waals surface area contributed by atoms with E-state index >= 15 is 0 Å². The Hall–Kier alpha value is -5.30. The number of rotatable bonds is 3. The molecule has 14 heteroatoms. The van der Waals surface area contributed by atoms with E-state index in [1.54, 1.807) is 0 Å². The summed E-state index contributed by atoms with van der Waals surface area (Å²) in [7, 11) is 0. The van der Waals surface area contributed by atoms with Gasteiger partial charge in [-0.1, -0.05) is 79.5 Å². The summed E-state index contributed by atoms with van der Waals surface area (Å²) in [6.07, 6.45) is -0.577. The number of aromatic amines is 1. The van der Waals surface area contributed by atoms with Gasteiger partial charge in [-0.3, -0.25) is 9.59 Å². The van der Waals surface area contributed by atoms with Crippen molar-refractivity contribution in [3.63, 3.8) is 0 Å². The highest BCUT2D eigenvalue weighted by molar-refractivity contribution is 6.37. The van der Waals surface area contributed by atoms with Gasteiger partial charge in [-0.05, 0) is 43.0 Å². The molecule has 4 atom stereocenters. The molecule has 0 radical (unpaired) electrons. The van der Waals surface area contributed by atoms with Crippen LogP contribution >= 0.6 is 23.2 Å². The summed E-state index contributed by atoms with van der Waals surface area (Å²) >= 11 is 13.8. The van der Waals surface area contributed by atoms with Crippen LogP contribution in [-0.4, -0.2) is 49.7 Å². The molecule has 268 valence electrons. The molecule has 10 bridgehead atoms. The monoisotopic (exact) mass is 750 g/mol. The van der Waals surface area contributed by atoms with Crippen molar-refractivity contribution < 1.29 is 28.3 Å². The normalized spacial score (nSPS) is 22.0. The first-order valence-electron chi connectivity index (χ1n) is 17.4. The predicted octanol–water partition coefficient (Wildman–Crippen LogP) is 6.87. The largest absolute Gasteiger partial charge is 0.469 e. The number of ether oxygens (including phenoxy) is 1. The zero-order chi connectivity index (χ0) is 36.7. The molecule has 10 rings (SSSR count). The summed E-state index contributed by atoms with van der Waals surface area (Å²) in [6.45, 7) is 6.62. The van der Waals surface area contributed by atoms with Gasteiger partial charge in [0, 0.05) is 39.7 Å². The van der Waals surface area contributed by atoms with E-state index in [4.69, 9.17) is 46.7 Å². The quantitative estimate of drug-likeness (QED) is 0.130. The first-order chi connectivity index (χ1) is 25.3. The number of anilines is 1. The number of amides is 2. The Kier molecular flexibility index (Phi) is 6.64. The standard InChI is InChI=1S/C39H32Cl2N6O6/c1-15(2)26-34-45-28-30(53-34)39-19-9-5-8-18(17-7-6-10-21-24(17)25(31(40)42-21)29-32(41)47-35(28)52-29)27(19)46-37(39)51-23-12-11-16(13-20(23)39)14-22(33(48)44-26)43-36(49)38(3,4)50/h5-13,15,22,26,37,42,46,50H,14H2,1-4H3,(H,43,49)(H,44,48)/t22-,26-,37?,39?/m0/s1. The van der Waals surface area contributed by atoms with Crippen molar-refractivity contribution in [1.82, 2.24) is 25.6 Å². The van der Waals surface area contributed by atoms with Gasteiger partial charge in [0.2, 0.25) is 11.8 Å². The number of aliphatic hydroxyl groups is 1. The molecule has 4 aliphatic heterocycles. The highest BCUT2D eigenvalue weighted by atomic mass is 35.5. The molecule has 6 aromatic rings. The van der Waals surface area contributed by atoms with Gasteiger partial charge >= 0.3 is 0 Å². The smallest absolute Gasteiger partial charge is 0.252 e. The number of hydrogen-bond donors (Lipinski definition) is 5. The van der Waals surface area contributed by atoms with Gasteiger partial charge in [-0.15, -0.1) is 0 Å². The van der Waals surface area contributed by atoms with Gasteiger partial charge in [-0.25, -0.2) is 4.98 Å². The van der Waals surface area contributed by atoms with Crippen LogP contribution in [0.4, 0.5) is 5.69 Å². The average Bonchev–Trinajstić information content (AvgIpc) is 3.91. The SMILES string of the molecule is CC(C)[C@@H]1NC(=O)[C@@H](NC(=O)C(C)(C)O)Cc2ccc3c(c2)C24c5cccc(c5NC2O3)-c2cccc3[nH]c(Cl)c(c23)-c2oc(nc2Cl)-c2nc1oc24. The lowest BCUT2D eigenvalue weighted by molar-refractivity contribution is -0.139. The summed E-state index contributed by atoms with van der Waals surface area (Å²) in [5.74, 6) is 0.181. The van der Waals surface area contributed by atoms with E-state index in [1.165, 1.54) is 13.8 Å². The van der Waals surface area contributed by atoms with Crippen molar-refractivity contribution in [3.8, 4) is 39.8 Å². The maximum atomic E-state index is 14.1. The molecular formula is C39H32Cl2N6O6. The number of oxazole rings is 2. The minimum absolute atomic E-state index is 0.0856. The zero-order valence-corrected chi connectivity index (χ0v) is 30.4. The van der Waals surface area contributed by atoms with Crippen LogP contribution in [0, 0.1) is 5.92 Å². The number of nitrogens with one attached hydrogen (secondary N) is 4. The molecule has 2 amide bonds. The molecule has 2 unspecified atom stereocenters. The van der Waals surface area contributed by atoms with Crippen LogP contribution in [-0.2, 0) is 21.4 Å². The Morgan fingerprint density at radius 3 is 2.62 bits per heavy atom. The first-order valence-corrected chi connectivity index (χ1v) is 18.1. The van der Waals surface area contributed by atoms with E-state index in [0.717, 1.165) is 44.4 Å². The number of para-hydroxylation sites is 1. The summed E-state index contributed by atoms with van der Waals surface area (Å²) in [5, 5.41) is 21.3. The third kappa shape index (κ3) is 4.40. The molecule has 5 N–H and O–H groups in total. The number of hydrogen-bond acceptors (Lipinski definition) is 9. The lowest BCUT2D eigenvalue weighted by Crippen LogP contribution is -2.54. The van der Waals surface area contributed by atoms with Crippen LogP contribution in [0.2, 0.25) is 10.3 Å². The van der Waals surface area contributed by atoms with Gasteiger partial charge in [0.25, 0.3) is 11.8 Å². The van der Waals surface area contributed by atoms with Crippen molar-refractivity contribution in [2.75, 3.05) is 5.32 Å². The van der Waals surface area contributed by atoms with Crippen LogP contribution < -0.4 is 20.7 Å². The molecular weight excluding hydrogens is 719 g/mol. The molecule has 7 heterocycles. The number of fused-ring (bicyclic) bond motifs is 7. The zero-order valence-electron chi connectivity index (χ0n) is 28.9. The molecule has 12 nitrogen and oxygen atoms in total. The summed E-state index contributed by atoms with van der Waals surface area (Å²) < 4.78 is 20.3. The fourth-order valence-electron chi connectivity index (χ4n) is 8.29. The van der Waals surface area contributed by atoms with E-state index in [0.29, 0.717) is 22.2 Å². The lowest BCUT2D eigenvalue weighted by Gasteiger charge is -2.29. The van der Waals surface area contributed by atoms with Gasteiger partial charge in [-0.2, -0.15) is 4.98 Å². The predicted molar refractivity (Wildman–Crippen MR) is 197 cm³/mol. The molecule has 0 aliphatic carbocycles. The summed E-state index contributed by atoms with van der Waals surface area (Å²) in [4.78, 5) is 40.3. The number of aromatic nitrogens is 3. The van der Waals surface area contributed by atoms with Crippen molar-refractivity contribution in [3.05, 3.63) is 93.2 Å². The molecule has 0 saturated heterocycles.